The first-order valence-corrected chi connectivity index (χ1v) is 10.9. The van der Waals surface area contributed by atoms with Crippen LogP contribution in [-0.4, -0.2) is 55.4 Å². The topological polar surface area (TPSA) is 88.3 Å². The van der Waals surface area contributed by atoms with Crippen molar-refractivity contribution >= 4 is 22.7 Å². The second-order valence-corrected chi connectivity index (χ2v) is 8.74. The van der Waals surface area contributed by atoms with Crippen molar-refractivity contribution in [2.45, 2.75) is 79.0 Å². The van der Waals surface area contributed by atoms with Crippen molar-refractivity contribution in [2.24, 2.45) is 11.8 Å². The molecule has 3 atom stereocenters. The van der Waals surface area contributed by atoms with Gasteiger partial charge in [-0.2, -0.15) is 0 Å². The Morgan fingerprint density at radius 2 is 1.90 bits per heavy atom. The quantitative estimate of drug-likeness (QED) is 0.568. The van der Waals surface area contributed by atoms with Crippen LogP contribution >= 0.6 is 0 Å². The number of carbonyl (C=O) groups is 2. The normalized spacial score (nSPS) is 14.7. The van der Waals surface area contributed by atoms with Crippen LogP contribution in [0.2, 0.25) is 0 Å². The zero-order valence-corrected chi connectivity index (χ0v) is 19.1. The van der Waals surface area contributed by atoms with Crippen molar-refractivity contribution < 1.29 is 14.7 Å². The lowest BCUT2D eigenvalue weighted by atomic mass is 9.94. The molecule has 2 rings (SSSR count). The molecule has 30 heavy (non-hydrogen) atoms. The first kappa shape index (κ1) is 24.0. The van der Waals surface area contributed by atoms with E-state index in [2.05, 4.69) is 14.5 Å². The summed E-state index contributed by atoms with van der Waals surface area (Å²) in [7, 11) is 1.68. The average Bonchev–Trinajstić information content (AvgIpc) is 3.02. The van der Waals surface area contributed by atoms with E-state index in [-0.39, 0.29) is 23.5 Å². The Morgan fingerprint density at radius 1 is 1.20 bits per heavy atom. The van der Waals surface area contributed by atoms with E-state index in [4.69, 9.17) is 0 Å². The van der Waals surface area contributed by atoms with Crippen molar-refractivity contribution in [3.63, 3.8) is 0 Å². The monoisotopic (exact) mass is 416 g/mol. The van der Waals surface area contributed by atoms with E-state index in [1.807, 2.05) is 33.8 Å². The number of aliphatic hydroxyl groups excluding tert-OH is 1. The number of fused-ring (bicyclic) bond motifs is 1. The van der Waals surface area contributed by atoms with Gasteiger partial charge in [0.2, 0.25) is 5.91 Å². The number of ketones is 1. The van der Waals surface area contributed by atoms with Crippen molar-refractivity contribution in [2.75, 3.05) is 7.05 Å². The van der Waals surface area contributed by atoms with Gasteiger partial charge in [0.05, 0.1) is 17.8 Å². The molecule has 2 aromatic heterocycles. The summed E-state index contributed by atoms with van der Waals surface area (Å²) in [4.78, 5) is 35.5. The second kappa shape index (κ2) is 10.7. The number of hydrogen-bond acceptors (Lipinski definition) is 5. The van der Waals surface area contributed by atoms with Gasteiger partial charge >= 0.3 is 0 Å². The van der Waals surface area contributed by atoms with Gasteiger partial charge < -0.3 is 14.6 Å². The third-order valence-corrected chi connectivity index (χ3v) is 5.68. The summed E-state index contributed by atoms with van der Waals surface area (Å²) in [5, 5.41) is 9.74. The Balaban J connectivity index is 1.91. The van der Waals surface area contributed by atoms with Gasteiger partial charge in [-0.3, -0.25) is 14.6 Å². The van der Waals surface area contributed by atoms with Gasteiger partial charge in [-0.1, -0.05) is 27.2 Å². The Hall–Kier alpha value is -2.28. The maximum absolute atomic E-state index is 12.9. The maximum Gasteiger partial charge on any atom is 0.225 e. The molecule has 0 saturated heterocycles. The van der Waals surface area contributed by atoms with Crippen LogP contribution < -0.4 is 0 Å². The number of nitrogens with zero attached hydrogens (tertiary/aromatic N) is 4. The third kappa shape index (κ3) is 5.88. The highest BCUT2D eigenvalue weighted by atomic mass is 16.3. The lowest BCUT2D eigenvalue weighted by Crippen LogP contribution is -2.48. The number of Topliss-reactive ketones (excluding diaryl/α,β-unsaturated/α-hetero) is 1. The van der Waals surface area contributed by atoms with Crippen LogP contribution in [0.15, 0.2) is 18.5 Å². The van der Waals surface area contributed by atoms with Gasteiger partial charge in [0.25, 0.3) is 0 Å². The van der Waals surface area contributed by atoms with Gasteiger partial charge in [0.15, 0.2) is 5.78 Å². The molecule has 7 nitrogen and oxygen atoms in total. The molecule has 0 aliphatic carbocycles. The summed E-state index contributed by atoms with van der Waals surface area (Å²) in [6.07, 6.45) is 5.65. The minimum Gasteiger partial charge on any atom is -0.386 e. The fourth-order valence-corrected chi connectivity index (χ4v) is 3.92. The predicted octanol–water partition coefficient (Wildman–Crippen LogP) is 3.37. The van der Waals surface area contributed by atoms with Gasteiger partial charge in [-0.15, -0.1) is 0 Å². The molecule has 0 radical (unpaired) electrons. The van der Waals surface area contributed by atoms with Crippen LogP contribution in [0.25, 0.3) is 11.0 Å². The predicted molar refractivity (Wildman–Crippen MR) is 118 cm³/mol. The molecule has 0 bridgehead atoms. The second-order valence-electron chi connectivity index (χ2n) is 8.74. The highest BCUT2D eigenvalue weighted by molar-refractivity contribution is 5.92. The smallest absolute Gasteiger partial charge is 0.225 e. The molecule has 2 heterocycles. The number of unbranched alkanes of at least 4 members (excludes halogenated alkanes) is 1. The van der Waals surface area contributed by atoms with Crippen LogP contribution in [0.4, 0.5) is 0 Å². The van der Waals surface area contributed by atoms with Gasteiger partial charge in [-0.05, 0) is 45.1 Å². The van der Waals surface area contributed by atoms with Crippen LogP contribution in [0.3, 0.4) is 0 Å². The van der Waals surface area contributed by atoms with Gasteiger partial charge in [0.1, 0.15) is 17.4 Å². The highest BCUT2D eigenvalue weighted by Gasteiger charge is 2.31. The van der Waals surface area contributed by atoms with Crippen LogP contribution in [0.1, 0.15) is 59.2 Å². The molecule has 0 spiro atoms. The number of likely N-dealkylation sites (N-methyl/N-ethyl adjacent to an activating group) is 1. The largest absolute Gasteiger partial charge is 0.386 e. The molecular weight excluding hydrogens is 380 g/mol. The Kier molecular flexibility index (Phi) is 8.53. The van der Waals surface area contributed by atoms with Crippen molar-refractivity contribution in [1.82, 2.24) is 19.4 Å². The van der Waals surface area contributed by atoms with Gasteiger partial charge in [-0.25, -0.2) is 4.98 Å². The fourth-order valence-electron chi connectivity index (χ4n) is 3.92. The summed E-state index contributed by atoms with van der Waals surface area (Å²) in [6, 6.07) is 1.40. The molecule has 7 heteroatoms. The molecule has 1 N–H and O–H groups in total. The summed E-state index contributed by atoms with van der Waals surface area (Å²) in [5.41, 5.74) is 1.98. The lowest BCUT2D eigenvalue weighted by Gasteiger charge is -2.31. The molecule has 0 aliphatic heterocycles. The van der Waals surface area contributed by atoms with E-state index in [0.29, 0.717) is 6.42 Å². The summed E-state index contributed by atoms with van der Waals surface area (Å²) >= 11 is 0. The SMILES string of the molecule is Cc1nc2cnccc2n1CCCCC(C)C(=O)N(C)[C@@H](CC(C)C)C(=O)C(C)O. The van der Waals surface area contributed by atoms with E-state index >= 15 is 0 Å². The molecule has 0 fully saturated rings. The van der Waals surface area contributed by atoms with Crippen LogP contribution in [-0.2, 0) is 16.1 Å². The van der Waals surface area contributed by atoms with E-state index in [9.17, 15) is 14.7 Å². The number of aliphatic hydroxyl groups is 1. The first-order chi connectivity index (χ1) is 14.1. The molecular formula is C23H36N4O3. The molecule has 0 aromatic carbocycles. The van der Waals surface area contributed by atoms with Gasteiger partial charge in [0, 0.05) is 25.7 Å². The van der Waals surface area contributed by atoms with E-state index < -0.39 is 12.1 Å². The summed E-state index contributed by atoms with van der Waals surface area (Å²) in [5.74, 6) is 0.728. The summed E-state index contributed by atoms with van der Waals surface area (Å²) in [6.45, 7) is 10.3. The molecule has 0 aliphatic rings. The zero-order chi connectivity index (χ0) is 22.4. The van der Waals surface area contributed by atoms with Crippen LogP contribution in [0, 0.1) is 18.8 Å². The fraction of sp³-hybridized carbons (Fsp3) is 0.652. The van der Waals surface area contributed by atoms with Crippen molar-refractivity contribution in [3.05, 3.63) is 24.3 Å². The number of aromatic nitrogens is 3. The van der Waals surface area contributed by atoms with Crippen LogP contribution in [0.5, 0.6) is 0 Å². The van der Waals surface area contributed by atoms with E-state index in [0.717, 1.165) is 42.7 Å². The number of pyridine rings is 1. The Morgan fingerprint density at radius 3 is 2.53 bits per heavy atom. The zero-order valence-electron chi connectivity index (χ0n) is 19.1. The number of rotatable bonds is 11. The number of amides is 1. The molecule has 166 valence electrons. The minimum atomic E-state index is -1.07. The molecule has 0 saturated carbocycles. The summed E-state index contributed by atoms with van der Waals surface area (Å²) < 4.78 is 2.19. The molecule has 2 unspecified atom stereocenters. The Labute approximate surface area is 179 Å². The number of aryl methyl sites for hydroxylation is 2. The van der Waals surface area contributed by atoms with Crippen molar-refractivity contribution in [3.8, 4) is 0 Å². The van der Waals surface area contributed by atoms with Crippen molar-refractivity contribution in [1.29, 1.82) is 0 Å². The standard InChI is InChI=1S/C23H36N4O3/c1-15(2)13-21(22(29)17(4)28)26(6)23(30)16(3)9-7-8-12-27-18(5)25-19-14-24-11-10-20(19)27/h10-11,14-17,21,28H,7-9,12-13H2,1-6H3/t16?,17?,21-/m0/s1. The molecule has 1 amide bonds. The maximum atomic E-state index is 12.9. The number of carbonyl (C=O) groups excluding carboxylic acids is 2. The number of hydrogen-bond donors (Lipinski definition) is 1. The minimum absolute atomic E-state index is 0.0371. The average molecular weight is 417 g/mol. The molecule has 2 aromatic rings. The number of imidazole rings is 1. The third-order valence-electron chi connectivity index (χ3n) is 5.68. The first-order valence-electron chi connectivity index (χ1n) is 10.9. The van der Waals surface area contributed by atoms with E-state index in [1.165, 1.54) is 6.92 Å². The van der Waals surface area contributed by atoms with E-state index in [1.54, 1.807) is 24.3 Å². The Bertz CT molecular complexity index is 859. The lowest BCUT2D eigenvalue weighted by molar-refractivity contribution is -0.144. The highest BCUT2D eigenvalue weighted by Crippen LogP contribution is 2.20.